The van der Waals surface area contributed by atoms with Gasteiger partial charge in [-0.3, -0.25) is 14.6 Å². The molecule has 0 aliphatic rings. The fourth-order valence-corrected chi connectivity index (χ4v) is 2.77. The Morgan fingerprint density at radius 3 is 2.86 bits per heavy atom. The van der Waals surface area contributed by atoms with E-state index in [4.69, 9.17) is 0 Å². The van der Waals surface area contributed by atoms with Crippen LogP contribution in [0, 0.1) is 6.92 Å². The summed E-state index contributed by atoms with van der Waals surface area (Å²) in [7, 11) is 0. The van der Waals surface area contributed by atoms with Crippen molar-refractivity contribution in [1.82, 2.24) is 15.0 Å². The van der Waals surface area contributed by atoms with E-state index in [2.05, 4.69) is 15.0 Å². The number of rotatable bonds is 3. The normalized spacial score (nSPS) is 11.3. The first-order chi connectivity index (χ1) is 10.1. The maximum atomic E-state index is 12.1. The molecule has 21 heavy (non-hydrogen) atoms. The van der Waals surface area contributed by atoms with Crippen molar-refractivity contribution in [2.24, 2.45) is 0 Å². The molecule has 0 spiro atoms. The summed E-state index contributed by atoms with van der Waals surface area (Å²) >= 11 is 1.40. The molecule has 0 aliphatic carbocycles. The number of pyridine rings is 1. The molecule has 0 aromatic carbocycles. The molecule has 0 saturated heterocycles. The molecule has 0 bridgehead atoms. The fraction of sp³-hybridized carbons (Fsp3) is 0.0667. The van der Waals surface area contributed by atoms with Gasteiger partial charge in [0, 0.05) is 17.3 Å². The van der Waals surface area contributed by atoms with E-state index in [0.29, 0.717) is 10.2 Å². The molecular formula is C15H11N3O2S. The standard InChI is InChI=1S/C15H11N3O2S/c1-9-8-11-14(20)17-13(18-15(11)21-9)12(19)3-2-10-4-6-16-7-5-10/h2-8H,1H3,(H,17,18,20)/b3-2+. The predicted octanol–water partition coefficient (Wildman–Crippen LogP) is 2.58. The molecule has 3 aromatic heterocycles. The van der Waals surface area contributed by atoms with Gasteiger partial charge in [0.1, 0.15) is 4.83 Å². The van der Waals surface area contributed by atoms with Gasteiger partial charge in [-0.25, -0.2) is 4.98 Å². The lowest BCUT2D eigenvalue weighted by Crippen LogP contribution is -2.13. The number of carbonyl (C=O) groups is 1. The summed E-state index contributed by atoms with van der Waals surface area (Å²) in [5, 5.41) is 0.521. The van der Waals surface area contributed by atoms with Gasteiger partial charge in [0.2, 0.25) is 5.78 Å². The number of H-pyrrole nitrogens is 1. The van der Waals surface area contributed by atoms with Crippen molar-refractivity contribution in [3.8, 4) is 0 Å². The van der Waals surface area contributed by atoms with E-state index in [0.717, 1.165) is 10.4 Å². The lowest BCUT2D eigenvalue weighted by atomic mass is 10.2. The average molecular weight is 297 g/mol. The third kappa shape index (κ3) is 2.80. The van der Waals surface area contributed by atoms with E-state index in [-0.39, 0.29) is 17.2 Å². The number of aromatic nitrogens is 3. The summed E-state index contributed by atoms with van der Waals surface area (Å²) < 4.78 is 0. The van der Waals surface area contributed by atoms with Crippen LogP contribution in [0.1, 0.15) is 21.1 Å². The number of aromatic amines is 1. The Kier molecular flexibility index (Phi) is 3.45. The van der Waals surface area contributed by atoms with Crippen molar-refractivity contribution in [3.05, 3.63) is 63.3 Å². The van der Waals surface area contributed by atoms with Gasteiger partial charge in [-0.05, 0) is 36.8 Å². The maximum Gasteiger partial charge on any atom is 0.260 e. The van der Waals surface area contributed by atoms with Gasteiger partial charge in [0.05, 0.1) is 5.39 Å². The second-order valence-electron chi connectivity index (χ2n) is 4.47. The first-order valence-corrected chi connectivity index (χ1v) is 7.08. The lowest BCUT2D eigenvalue weighted by molar-refractivity contribution is 0.103. The van der Waals surface area contributed by atoms with Crippen LogP contribution < -0.4 is 5.56 Å². The predicted molar refractivity (Wildman–Crippen MR) is 82.6 cm³/mol. The summed E-state index contributed by atoms with van der Waals surface area (Å²) in [4.78, 5) is 36.2. The molecule has 0 aliphatic heterocycles. The van der Waals surface area contributed by atoms with E-state index in [1.54, 1.807) is 36.7 Å². The molecule has 5 nitrogen and oxygen atoms in total. The van der Waals surface area contributed by atoms with Crippen LogP contribution in [-0.4, -0.2) is 20.7 Å². The van der Waals surface area contributed by atoms with Crippen molar-refractivity contribution in [3.63, 3.8) is 0 Å². The Hall–Kier alpha value is -2.60. The minimum Gasteiger partial charge on any atom is -0.303 e. The second-order valence-corrected chi connectivity index (χ2v) is 5.70. The largest absolute Gasteiger partial charge is 0.303 e. The molecule has 3 aromatic rings. The maximum absolute atomic E-state index is 12.1. The highest BCUT2D eigenvalue weighted by atomic mass is 32.1. The van der Waals surface area contributed by atoms with Gasteiger partial charge in [0.25, 0.3) is 5.56 Å². The highest BCUT2D eigenvalue weighted by Crippen LogP contribution is 2.19. The van der Waals surface area contributed by atoms with Gasteiger partial charge in [-0.2, -0.15) is 0 Å². The molecule has 0 amide bonds. The molecule has 0 fully saturated rings. The Morgan fingerprint density at radius 1 is 1.33 bits per heavy atom. The summed E-state index contributed by atoms with van der Waals surface area (Å²) in [6.45, 7) is 1.90. The number of aryl methyl sites for hydroxylation is 1. The highest BCUT2D eigenvalue weighted by Gasteiger charge is 2.10. The van der Waals surface area contributed by atoms with Crippen molar-refractivity contribution in [2.45, 2.75) is 6.92 Å². The van der Waals surface area contributed by atoms with Crippen LogP contribution in [-0.2, 0) is 0 Å². The molecule has 6 heteroatoms. The molecule has 3 rings (SSSR count). The summed E-state index contributed by atoms with van der Waals surface area (Å²) in [5.74, 6) is -0.281. The van der Waals surface area contributed by atoms with Gasteiger partial charge in [0.15, 0.2) is 5.82 Å². The van der Waals surface area contributed by atoms with Crippen LogP contribution in [0.3, 0.4) is 0 Å². The molecule has 0 unspecified atom stereocenters. The lowest BCUT2D eigenvalue weighted by Gasteiger charge is -1.96. The Morgan fingerprint density at radius 2 is 2.10 bits per heavy atom. The smallest absolute Gasteiger partial charge is 0.260 e. The summed E-state index contributed by atoms with van der Waals surface area (Å²) in [6.07, 6.45) is 6.34. The van der Waals surface area contributed by atoms with Crippen molar-refractivity contribution in [2.75, 3.05) is 0 Å². The zero-order chi connectivity index (χ0) is 14.8. The van der Waals surface area contributed by atoms with Gasteiger partial charge >= 0.3 is 0 Å². The monoisotopic (exact) mass is 297 g/mol. The van der Waals surface area contributed by atoms with Crippen LogP contribution >= 0.6 is 11.3 Å². The molecule has 0 saturated carbocycles. The number of thiophene rings is 1. The Balaban J connectivity index is 1.95. The molecule has 3 heterocycles. The number of carbonyl (C=O) groups excluding carboxylic acids is 1. The van der Waals surface area contributed by atoms with Gasteiger partial charge in [-0.1, -0.05) is 6.08 Å². The zero-order valence-electron chi connectivity index (χ0n) is 11.2. The van der Waals surface area contributed by atoms with Crippen LogP contribution in [0.5, 0.6) is 0 Å². The number of ketones is 1. The first-order valence-electron chi connectivity index (χ1n) is 6.26. The number of hydrogen-bond donors (Lipinski definition) is 1. The summed E-state index contributed by atoms with van der Waals surface area (Å²) in [5.41, 5.74) is 0.568. The molecule has 0 atom stereocenters. The minimum atomic E-state index is -0.336. The van der Waals surface area contributed by atoms with Gasteiger partial charge in [-0.15, -0.1) is 11.3 Å². The number of hydrogen-bond acceptors (Lipinski definition) is 5. The van der Waals surface area contributed by atoms with E-state index < -0.39 is 0 Å². The number of nitrogens with zero attached hydrogens (tertiary/aromatic N) is 2. The second kappa shape index (κ2) is 5.41. The van der Waals surface area contributed by atoms with Crippen molar-refractivity contribution in [1.29, 1.82) is 0 Å². The average Bonchev–Trinajstić information content (AvgIpc) is 2.87. The summed E-state index contributed by atoms with van der Waals surface area (Å²) in [6, 6.07) is 5.34. The Labute approximate surface area is 124 Å². The van der Waals surface area contributed by atoms with Gasteiger partial charge < -0.3 is 4.98 Å². The topological polar surface area (TPSA) is 75.7 Å². The van der Waals surface area contributed by atoms with Crippen LogP contribution in [0.15, 0.2) is 41.5 Å². The third-order valence-electron chi connectivity index (χ3n) is 2.89. The van der Waals surface area contributed by atoms with Crippen molar-refractivity contribution >= 4 is 33.4 Å². The van der Waals surface area contributed by atoms with E-state index in [1.165, 1.54) is 17.4 Å². The van der Waals surface area contributed by atoms with Crippen molar-refractivity contribution < 1.29 is 4.79 Å². The first kappa shape index (κ1) is 13.4. The number of nitrogens with one attached hydrogen (secondary N) is 1. The zero-order valence-corrected chi connectivity index (χ0v) is 12.0. The Bertz CT molecular complexity index is 894. The molecular weight excluding hydrogens is 286 g/mol. The van der Waals surface area contributed by atoms with E-state index in [1.807, 2.05) is 6.92 Å². The molecule has 1 N–H and O–H groups in total. The minimum absolute atomic E-state index is 0.0552. The van der Waals surface area contributed by atoms with Crippen LogP contribution in [0.2, 0.25) is 0 Å². The number of allylic oxidation sites excluding steroid dienone is 1. The molecule has 0 radical (unpaired) electrons. The molecule has 104 valence electrons. The highest BCUT2D eigenvalue weighted by molar-refractivity contribution is 7.18. The fourth-order valence-electron chi connectivity index (χ4n) is 1.89. The van der Waals surface area contributed by atoms with Crippen LogP contribution in [0.25, 0.3) is 16.3 Å². The van der Waals surface area contributed by atoms with E-state index in [9.17, 15) is 9.59 Å². The SMILES string of the molecule is Cc1cc2c(=O)[nH]c(C(=O)/C=C/c3ccncc3)nc2s1. The van der Waals surface area contributed by atoms with E-state index >= 15 is 0 Å². The quantitative estimate of drug-likeness (QED) is 0.595. The number of fused-ring (bicyclic) bond motifs is 1. The third-order valence-corrected chi connectivity index (χ3v) is 3.84. The van der Waals surface area contributed by atoms with Crippen LogP contribution in [0.4, 0.5) is 0 Å².